The Morgan fingerprint density at radius 1 is 1.32 bits per heavy atom. The number of hydrogen-bond donors (Lipinski definition) is 4. The van der Waals surface area contributed by atoms with Crippen molar-refractivity contribution < 1.29 is 14.9 Å². The summed E-state index contributed by atoms with van der Waals surface area (Å²) in [7, 11) is 0. The number of aromatic nitrogens is 2. The first-order valence-corrected chi connectivity index (χ1v) is 8.30. The number of imidazole rings is 1. The fraction of sp³-hybridized carbons (Fsp3) is 0.412. The summed E-state index contributed by atoms with van der Waals surface area (Å²) < 4.78 is 7.40. The van der Waals surface area contributed by atoms with Gasteiger partial charge in [-0.3, -0.25) is 9.98 Å². The van der Waals surface area contributed by atoms with E-state index in [4.69, 9.17) is 10.1 Å². The number of ether oxygens (including phenoxy) is 1. The topological polar surface area (TPSA) is 107 Å². The normalized spacial score (nSPS) is 25.8. The minimum absolute atomic E-state index is 0.126. The summed E-state index contributed by atoms with van der Waals surface area (Å²) in [4.78, 5) is 6.24. The maximum atomic E-state index is 10.2. The maximum Gasteiger partial charge on any atom is 0.163 e. The average Bonchev–Trinajstić information content (AvgIpc) is 3.21. The molecule has 4 N–H and O–H groups in total. The van der Waals surface area contributed by atoms with E-state index in [0.717, 1.165) is 5.56 Å². The Morgan fingerprint density at radius 2 is 2.12 bits per heavy atom. The van der Waals surface area contributed by atoms with Gasteiger partial charge in [-0.05, 0) is 5.56 Å². The maximum absolute atomic E-state index is 10.2. The average molecular weight is 343 g/mol. The van der Waals surface area contributed by atoms with Crippen LogP contribution in [0.2, 0.25) is 0 Å². The highest BCUT2D eigenvalue weighted by Crippen LogP contribution is 2.33. The second-order valence-corrected chi connectivity index (χ2v) is 6.35. The molecule has 1 fully saturated rings. The third kappa shape index (κ3) is 2.88. The van der Waals surface area contributed by atoms with Crippen molar-refractivity contribution in [3.63, 3.8) is 0 Å². The van der Waals surface area contributed by atoms with Gasteiger partial charge in [-0.2, -0.15) is 0 Å². The van der Waals surface area contributed by atoms with Gasteiger partial charge in [0.25, 0.3) is 0 Å². The molecule has 132 valence electrons. The number of anilines is 1. The molecule has 1 aromatic carbocycles. The summed E-state index contributed by atoms with van der Waals surface area (Å²) in [5.74, 6) is 1.000. The van der Waals surface area contributed by atoms with E-state index in [1.165, 1.54) is 0 Å². The second-order valence-electron chi connectivity index (χ2n) is 6.35. The molecule has 8 nitrogen and oxygen atoms in total. The van der Waals surface area contributed by atoms with Crippen LogP contribution < -0.4 is 5.32 Å². The molecule has 0 unspecified atom stereocenters. The molecule has 0 saturated carbocycles. The predicted octanol–water partition coefficient (Wildman–Crippen LogP) is 0.734. The third-order valence-corrected chi connectivity index (χ3v) is 4.63. The zero-order chi connectivity index (χ0) is 17.4. The molecule has 2 aliphatic heterocycles. The van der Waals surface area contributed by atoms with E-state index >= 15 is 0 Å². The molecule has 3 heterocycles. The molecule has 0 radical (unpaired) electrons. The fourth-order valence-corrected chi connectivity index (χ4v) is 3.34. The van der Waals surface area contributed by atoms with E-state index in [9.17, 15) is 10.2 Å². The van der Waals surface area contributed by atoms with Crippen molar-refractivity contribution in [1.29, 1.82) is 5.41 Å². The molecule has 0 aliphatic carbocycles. The Morgan fingerprint density at radius 3 is 2.84 bits per heavy atom. The summed E-state index contributed by atoms with van der Waals surface area (Å²) in [6, 6.07) is 9.98. The molecular formula is C17H21N5O3. The first kappa shape index (κ1) is 16.1. The van der Waals surface area contributed by atoms with E-state index in [2.05, 4.69) is 10.3 Å². The first-order valence-electron chi connectivity index (χ1n) is 8.30. The predicted molar refractivity (Wildman–Crippen MR) is 91.2 cm³/mol. The highest BCUT2D eigenvalue weighted by molar-refractivity contribution is 6.00. The number of nitrogens with zero attached hydrogens (tertiary/aromatic N) is 3. The van der Waals surface area contributed by atoms with Crippen molar-refractivity contribution in [2.75, 3.05) is 18.6 Å². The Balaban J connectivity index is 1.55. The van der Waals surface area contributed by atoms with Crippen LogP contribution in [-0.2, 0) is 11.3 Å². The van der Waals surface area contributed by atoms with Crippen molar-refractivity contribution in [1.82, 2.24) is 14.5 Å². The lowest BCUT2D eigenvalue weighted by Gasteiger charge is -2.31. The number of aliphatic hydroxyl groups is 2. The standard InChI is InChI=1S/C17H21N5O3/c18-15-14-16(20-9-21(15)7-11-4-2-1-3-5-11)22(10-19-14)17-13(24)6-12(8-23)25-17/h1-5,10,12-13,17-18,20,23-24H,6-9H2/t12-,13+,17+/m0/s1. The summed E-state index contributed by atoms with van der Waals surface area (Å²) in [5.41, 5.74) is 1.66. The van der Waals surface area contributed by atoms with Gasteiger partial charge < -0.3 is 25.2 Å². The van der Waals surface area contributed by atoms with Crippen molar-refractivity contribution >= 4 is 11.7 Å². The molecule has 0 bridgehead atoms. The van der Waals surface area contributed by atoms with Gasteiger partial charge in [0.1, 0.15) is 17.6 Å². The van der Waals surface area contributed by atoms with Crippen molar-refractivity contribution in [3.05, 3.63) is 47.9 Å². The van der Waals surface area contributed by atoms with Crippen LogP contribution in [0.1, 0.15) is 23.9 Å². The summed E-state index contributed by atoms with van der Waals surface area (Å²) in [6.07, 6.45) is 0.260. The molecule has 25 heavy (non-hydrogen) atoms. The van der Waals surface area contributed by atoms with E-state index in [1.807, 2.05) is 35.2 Å². The third-order valence-electron chi connectivity index (χ3n) is 4.63. The molecule has 2 aliphatic rings. The van der Waals surface area contributed by atoms with E-state index in [-0.39, 0.29) is 12.7 Å². The minimum atomic E-state index is -0.714. The number of amidine groups is 1. The number of nitrogens with one attached hydrogen (secondary N) is 2. The van der Waals surface area contributed by atoms with Crippen molar-refractivity contribution in [2.45, 2.75) is 31.4 Å². The highest BCUT2D eigenvalue weighted by Gasteiger charge is 2.37. The lowest BCUT2D eigenvalue weighted by atomic mass is 10.2. The van der Waals surface area contributed by atoms with Crippen LogP contribution in [0.15, 0.2) is 36.7 Å². The quantitative estimate of drug-likeness (QED) is 0.652. The first-order chi connectivity index (χ1) is 12.2. The molecule has 0 spiro atoms. The van der Waals surface area contributed by atoms with Gasteiger partial charge >= 0.3 is 0 Å². The minimum Gasteiger partial charge on any atom is -0.394 e. The summed E-state index contributed by atoms with van der Waals surface area (Å²) in [6.45, 7) is 0.964. The van der Waals surface area contributed by atoms with Crippen LogP contribution in [0.4, 0.5) is 5.82 Å². The van der Waals surface area contributed by atoms with E-state index in [1.54, 1.807) is 10.9 Å². The second kappa shape index (κ2) is 6.47. The van der Waals surface area contributed by atoms with Crippen LogP contribution in [0.25, 0.3) is 0 Å². The fourth-order valence-electron chi connectivity index (χ4n) is 3.34. The van der Waals surface area contributed by atoms with Crippen LogP contribution in [0, 0.1) is 5.41 Å². The number of hydrogen-bond acceptors (Lipinski definition) is 6. The molecule has 0 amide bonds. The van der Waals surface area contributed by atoms with E-state index in [0.29, 0.717) is 37.0 Å². The number of rotatable bonds is 4. The number of fused-ring (bicyclic) bond motifs is 1. The Bertz CT molecular complexity index is 763. The Labute approximate surface area is 145 Å². The molecule has 1 saturated heterocycles. The van der Waals surface area contributed by atoms with Crippen molar-refractivity contribution in [3.8, 4) is 0 Å². The van der Waals surface area contributed by atoms with Gasteiger partial charge in [0.05, 0.1) is 25.7 Å². The van der Waals surface area contributed by atoms with Crippen LogP contribution in [0.5, 0.6) is 0 Å². The molecule has 4 rings (SSSR count). The number of aliphatic hydroxyl groups excluding tert-OH is 2. The Hall–Kier alpha value is -2.42. The lowest BCUT2D eigenvalue weighted by Crippen LogP contribution is -2.40. The monoisotopic (exact) mass is 343 g/mol. The van der Waals surface area contributed by atoms with Crippen LogP contribution >= 0.6 is 0 Å². The van der Waals surface area contributed by atoms with Crippen LogP contribution in [0.3, 0.4) is 0 Å². The van der Waals surface area contributed by atoms with Gasteiger partial charge in [-0.15, -0.1) is 0 Å². The molecule has 2 aromatic rings. The number of benzene rings is 1. The summed E-state index contributed by atoms with van der Waals surface area (Å²) >= 11 is 0. The SMILES string of the molecule is N=C1c2ncn([C@@H]3O[C@H](CO)C[C@H]3O)c2NCN1Cc1ccccc1. The van der Waals surface area contributed by atoms with E-state index < -0.39 is 12.3 Å². The van der Waals surface area contributed by atoms with Gasteiger partial charge in [0, 0.05) is 13.0 Å². The van der Waals surface area contributed by atoms with Gasteiger partial charge in [-0.1, -0.05) is 30.3 Å². The van der Waals surface area contributed by atoms with Gasteiger partial charge in [0.15, 0.2) is 12.1 Å². The van der Waals surface area contributed by atoms with Crippen LogP contribution in [-0.4, -0.2) is 56.0 Å². The smallest absolute Gasteiger partial charge is 0.163 e. The van der Waals surface area contributed by atoms with Gasteiger partial charge in [0.2, 0.25) is 0 Å². The zero-order valence-corrected chi connectivity index (χ0v) is 13.7. The highest BCUT2D eigenvalue weighted by atomic mass is 16.5. The molecular weight excluding hydrogens is 322 g/mol. The molecule has 8 heteroatoms. The Kier molecular flexibility index (Phi) is 4.16. The lowest BCUT2D eigenvalue weighted by molar-refractivity contribution is -0.0496. The molecule has 3 atom stereocenters. The zero-order valence-electron chi connectivity index (χ0n) is 13.7. The largest absolute Gasteiger partial charge is 0.394 e. The van der Waals surface area contributed by atoms with Gasteiger partial charge in [-0.25, -0.2) is 4.98 Å². The van der Waals surface area contributed by atoms with Crippen molar-refractivity contribution in [2.24, 2.45) is 0 Å². The summed E-state index contributed by atoms with van der Waals surface area (Å²) in [5, 5.41) is 31.2. The molecule has 1 aromatic heterocycles.